The molecule has 0 N–H and O–H groups in total. The van der Waals surface area contributed by atoms with Crippen LogP contribution in [-0.4, -0.2) is 37.2 Å². The lowest BCUT2D eigenvalue weighted by Crippen LogP contribution is -2.30. The third kappa shape index (κ3) is 49.0. The predicted molar refractivity (Wildman–Crippen MR) is 261 cm³/mol. The van der Waals surface area contributed by atoms with Crippen LogP contribution in [0.5, 0.6) is 0 Å². The number of hydrogen-bond acceptors (Lipinski definition) is 6. The molecule has 0 unspecified atom stereocenters. The second kappa shape index (κ2) is 50.8. The van der Waals surface area contributed by atoms with Crippen LogP contribution in [0.15, 0.2) is 12.2 Å². The van der Waals surface area contributed by atoms with E-state index in [4.69, 9.17) is 14.2 Å². The van der Waals surface area contributed by atoms with Gasteiger partial charge >= 0.3 is 17.9 Å². The third-order valence-electron chi connectivity index (χ3n) is 12.3. The zero-order valence-electron chi connectivity index (χ0n) is 41.2. The van der Waals surface area contributed by atoms with E-state index in [-0.39, 0.29) is 31.1 Å². The van der Waals surface area contributed by atoms with E-state index in [9.17, 15) is 14.4 Å². The molecule has 6 nitrogen and oxygen atoms in total. The summed E-state index contributed by atoms with van der Waals surface area (Å²) in [5, 5.41) is 0. The van der Waals surface area contributed by atoms with Crippen LogP contribution in [0.2, 0.25) is 0 Å². The Bertz CT molecular complexity index is 947. The molecular formula is C55H104O6. The highest BCUT2D eigenvalue weighted by Gasteiger charge is 2.19. The van der Waals surface area contributed by atoms with Gasteiger partial charge in [-0.15, -0.1) is 0 Å². The molecule has 0 fully saturated rings. The summed E-state index contributed by atoms with van der Waals surface area (Å²) < 4.78 is 16.8. The van der Waals surface area contributed by atoms with Crippen LogP contribution in [0.1, 0.15) is 303 Å². The molecule has 0 aromatic carbocycles. The first-order valence-corrected chi connectivity index (χ1v) is 27.2. The molecule has 0 aliphatic rings. The Hall–Kier alpha value is -1.85. The van der Waals surface area contributed by atoms with E-state index in [1.807, 2.05) is 0 Å². The first-order chi connectivity index (χ1) is 30.0. The largest absolute Gasteiger partial charge is 0.462 e. The predicted octanol–water partition coefficient (Wildman–Crippen LogP) is 17.8. The van der Waals surface area contributed by atoms with E-state index in [1.54, 1.807) is 0 Å². The number of ether oxygens (including phenoxy) is 3. The maximum atomic E-state index is 12.8. The highest BCUT2D eigenvalue weighted by molar-refractivity contribution is 5.71. The molecule has 0 rings (SSSR count). The van der Waals surface area contributed by atoms with Gasteiger partial charge in [-0.05, 0) is 44.9 Å². The average Bonchev–Trinajstić information content (AvgIpc) is 3.26. The van der Waals surface area contributed by atoms with E-state index >= 15 is 0 Å². The van der Waals surface area contributed by atoms with E-state index in [1.165, 1.54) is 205 Å². The lowest BCUT2D eigenvalue weighted by atomic mass is 10.0. The molecule has 0 aliphatic heterocycles. The standard InChI is InChI=1S/C55H104O6/c1-4-7-10-13-16-19-22-24-26-28-30-31-33-36-39-42-45-48-54(57)60-51-52(50-59-53(56)47-44-41-38-35-21-18-15-12-9-6-3)61-55(58)49-46-43-40-37-34-32-29-27-25-23-20-17-14-11-8-5-2/h24,26,52H,4-23,25,27-51H2,1-3H3/b26-24-/t52-/m1/s1. The minimum absolute atomic E-state index is 0.0660. The van der Waals surface area contributed by atoms with Crippen molar-refractivity contribution < 1.29 is 28.6 Å². The van der Waals surface area contributed by atoms with E-state index < -0.39 is 6.10 Å². The molecule has 1 atom stereocenters. The summed E-state index contributed by atoms with van der Waals surface area (Å²) in [7, 11) is 0. The van der Waals surface area contributed by atoms with Gasteiger partial charge in [-0.3, -0.25) is 14.4 Å². The van der Waals surface area contributed by atoms with Crippen LogP contribution in [0.25, 0.3) is 0 Å². The average molecular weight is 861 g/mol. The van der Waals surface area contributed by atoms with Crippen LogP contribution in [0, 0.1) is 0 Å². The molecule has 0 saturated carbocycles. The highest BCUT2D eigenvalue weighted by atomic mass is 16.6. The highest BCUT2D eigenvalue weighted by Crippen LogP contribution is 2.16. The summed E-state index contributed by atoms with van der Waals surface area (Å²) >= 11 is 0. The topological polar surface area (TPSA) is 78.9 Å². The molecule has 0 aromatic heterocycles. The van der Waals surface area contributed by atoms with Crippen LogP contribution < -0.4 is 0 Å². The molecule has 0 bridgehead atoms. The number of esters is 3. The van der Waals surface area contributed by atoms with Crippen molar-refractivity contribution in [1.82, 2.24) is 0 Å². The lowest BCUT2D eigenvalue weighted by Gasteiger charge is -2.18. The van der Waals surface area contributed by atoms with Crippen molar-refractivity contribution in [3.05, 3.63) is 12.2 Å². The summed E-state index contributed by atoms with van der Waals surface area (Å²) in [6.45, 7) is 6.66. The van der Waals surface area contributed by atoms with E-state index in [0.29, 0.717) is 19.3 Å². The minimum Gasteiger partial charge on any atom is -0.462 e. The maximum absolute atomic E-state index is 12.8. The van der Waals surface area contributed by atoms with Gasteiger partial charge in [0.25, 0.3) is 0 Å². The van der Waals surface area contributed by atoms with Gasteiger partial charge in [0, 0.05) is 19.3 Å². The molecule has 6 heteroatoms. The number of unbranched alkanes of at least 4 members (excludes halogenated alkanes) is 37. The molecule has 0 saturated heterocycles. The van der Waals surface area contributed by atoms with E-state index in [2.05, 4.69) is 32.9 Å². The zero-order valence-corrected chi connectivity index (χ0v) is 41.2. The van der Waals surface area contributed by atoms with Crippen LogP contribution in [-0.2, 0) is 28.6 Å². The van der Waals surface area contributed by atoms with Gasteiger partial charge in [0.2, 0.25) is 0 Å². The molecular weight excluding hydrogens is 757 g/mol. The van der Waals surface area contributed by atoms with Crippen molar-refractivity contribution in [3.63, 3.8) is 0 Å². The maximum Gasteiger partial charge on any atom is 0.306 e. The number of rotatable bonds is 50. The first-order valence-electron chi connectivity index (χ1n) is 27.2. The van der Waals surface area contributed by atoms with Gasteiger partial charge in [0.15, 0.2) is 6.10 Å². The van der Waals surface area contributed by atoms with Crippen molar-refractivity contribution in [2.24, 2.45) is 0 Å². The number of hydrogen-bond donors (Lipinski definition) is 0. The smallest absolute Gasteiger partial charge is 0.306 e. The van der Waals surface area contributed by atoms with Gasteiger partial charge in [0.1, 0.15) is 13.2 Å². The summed E-state index contributed by atoms with van der Waals surface area (Å²) in [4.78, 5) is 38.0. The second-order valence-corrected chi connectivity index (χ2v) is 18.5. The SMILES string of the molecule is CCCCCCCC/C=C\CCCCCCCCCC(=O)OC[C@@H](COC(=O)CCCCCCCCCCCC)OC(=O)CCCCCCCCCCCCCCCCCC. The van der Waals surface area contributed by atoms with Gasteiger partial charge in [0.05, 0.1) is 0 Å². The fraction of sp³-hybridized carbons (Fsp3) is 0.909. The number of carbonyl (C=O) groups excluding carboxylic acids is 3. The molecule has 360 valence electrons. The Morgan fingerprint density at radius 1 is 0.311 bits per heavy atom. The Labute approximate surface area is 380 Å². The fourth-order valence-corrected chi connectivity index (χ4v) is 8.14. The Kier molecular flexibility index (Phi) is 49.3. The first kappa shape index (κ1) is 59.1. The molecule has 0 aliphatic carbocycles. The fourth-order valence-electron chi connectivity index (χ4n) is 8.14. The van der Waals surface area contributed by atoms with E-state index in [0.717, 1.165) is 57.8 Å². The molecule has 61 heavy (non-hydrogen) atoms. The van der Waals surface area contributed by atoms with Crippen molar-refractivity contribution in [2.45, 2.75) is 309 Å². The number of allylic oxidation sites excluding steroid dienone is 2. The molecule has 0 aromatic rings. The second-order valence-electron chi connectivity index (χ2n) is 18.5. The van der Waals surface area contributed by atoms with Crippen molar-refractivity contribution in [1.29, 1.82) is 0 Å². The molecule has 0 heterocycles. The Balaban J connectivity index is 4.28. The minimum atomic E-state index is -0.764. The van der Waals surface area contributed by atoms with Gasteiger partial charge in [-0.25, -0.2) is 0 Å². The summed E-state index contributed by atoms with van der Waals surface area (Å²) in [6.07, 6.45) is 56.2. The van der Waals surface area contributed by atoms with Gasteiger partial charge < -0.3 is 14.2 Å². The Morgan fingerprint density at radius 3 is 0.820 bits per heavy atom. The monoisotopic (exact) mass is 861 g/mol. The van der Waals surface area contributed by atoms with Gasteiger partial charge in [-0.2, -0.15) is 0 Å². The number of carbonyl (C=O) groups is 3. The normalized spacial score (nSPS) is 12.0. The van der Waals surface area contributed by atoms with Crippen LogP contribution in [0.4, 0.5) is 0 Å². The van der Waals surface area contributed by atoms with Crippen molar-refractivity contribution in [2.75, 3.05) is 13.2 Å². The quantitative estimate of drug-likeness (QED) is 0.0262. The van der Waals surface area contributed by atoms with Crippen LogP contribution in [0.3, 0.4) is 0 Å². The van der Waals surface area contributed by atoms with Crippen LogP contribution >= 0.6 is 0 Å². The summed E-state index contributed by atoms with van der Waals surface area (Å²) in [5.74, 6) is -0.852. The van der Waals surface area contributed by atoms with Crippen molar-refractivity contribution >= 4 is 17.9 Å². The third-order valence-corrected chi connectivity index (χ3v) is 12.3. The molecule has 0 amide bonds. The molecule has 0 spiro atoms. The molecule has 0 radical (unpaired) electrons. The lowest BCUT2D eigenvalue weighted by molar-refractivity contribution is -0.167. The summed E-state index contributed by atoms with van der Waals surface area (Å²) in [6, 6.07) is 0. The van der Waals surface area contributed by atoms with Gasteiger partial charge in [-0.1, -0.05) is 251 Å². The van der Waals surface area contributed by atoms with Crippen molar-refractivity contribution in [3.8, 4) is 0 Å². The zero-order chi connectivity index (χ0) is 44.4. The Morgan fingerprint density at radius 2 is 0.541 bits per heavy atom. The summed E-state index contributed by atoms with van der Waals surface area (Å²) in [5.41, 5.74) is 0.